The van der Waals surface area contributed by atoms with Gasteiger partial charge in [0.2, 0.25) is 5.88 Å². The summed E-state index contributed by atoms with van der Waals surface area (Å²) in [5.41, 5.74) is 0.852. The summed E-state index contributed by atoms with van der Waals surface area (Å²) in [5, 5.41) is 14.2. The molecule has 1 atom stereocenters. The van der Waals surface area contributed by atoms with Crippen molar-refractivity contribution in [3.63, 3.8) is 0 Å². The van der Waals surface area contributed by atoms with E-state index in [0.717, 1.165) is 38.2 Å². The van der Waals surface area contributed by atoms with Crippen molar-refractivity contribution in [2.75, 3.05) is 33.3 Å². The number of pyridine rings is 1. The average molecular weight is 582 g/mol. The molecule has 1 spiro atoms. The van der Waals surface area contributed by atoms with Crippen LogP contribution in [0.25, 0.3) is 0 Å². The molecular weight excluding hydrogens is 554 g/mol. The summed E-state index contributed by atoms with van der Waals surface area (Å²) >= 11 is 0. The number of ether oxygens (including phenoxy) is 1. The number of nitrogens with zero attached hydrogens (tertiary/aromatic N) is 4. The Hall–Kier alpha value is -3.82. The highest BCUT2D eigenvalue weighted by Crippen LogP contribution is 2.39. The van der Waals surface area contributed by atoms with E-state index in [0.29, 0.717) is 18.4 Å². The summed E-state index contributed by atoms with van der Waals surface area (Å²) in [6.07, 6.45) is -4.31. The van der Waals surface area contributed by atoms with Crippen molar-refractivity contribution in [2.24, 2.45) is 13.0 Å². The maximum absolute atomic E-state index is 12.7. The standard InChI is InChI=1S/C20H26N4O2.2C2HF3O2/c1-22-10-5-6-17(22)19(25)24-14-20(15-24)12-16(8-11-23(20)2)13-26-18-7-3-4-9-21-18;2*3-2(4,5)1(6)7/h3-7,9-10,16H,8,11-15H2,1-2H3;2*(H,6,7). The predicted octanol–water partition coefficient (Wildman–Crippen LogP) is 3.30. The number of alkyl halides is 6. The third-order valence-electron chi connectivity index (χ3n) is 6.36. The van der Waals surface area contributed by atoms with Gasteiger partial charge in [0.1, 0.15) is 5.69 Å². The molecule has 222 valence electrons. The van der Waals surface area contributed by atoms with Crippen LogP contribution < -0.4 is 4.74 Å². The number of likely N-dealkylation sites (N-methyl/N-ethyl adjacent to an activating group) is 1. The van der Waals surface area contributed by atoms with Gasteiger partial charge in [-0.3, -0.25) is 9.69 Å². The number of carbonyl (C=O) groups excluding carboxylic acids is 1. The van der Waals surface area contributed by atoms with Gasteiger partial charge in [0.05, 0.1) is 12.1 Å². The van der Waals surface area contributed by atoms with E-state index in [1.807, 2.05) is 53.0 Å². The van der Waals surface area contributed by atoms with E-state index in [4.69, 9.17) is 24.5 Å². The van der Waals surface area contributed by atoms with Crippen LogP contribution in [0.2, 0.25) is 0 Å². The Morgan fingerprint density at radius 2 is 1.57 bits per heavy atom. The zero-order valence-electron chi connectivity index (χ0n) is 21.4. The van der Waals surface area contributed by atoms with Gasteiger partial charge in [-0.25, -0.2) is 14.6 Å². The lowest BCUT2D eigenvalue weighted by Crippen LogP contribution is -2.72. The minimum Gasteiger partial charge on any atom is -0.477 e. The maximum atomic E-state index is 12.7. The molecule has 0 bridgehead atoms. The third-order valence-corrected chi connectivity index (χ3v) is 6.36. The van der Waals surface area contributed by atoms with Crippen molar-refractivity contribution in [1.29, 1.82) is 0 Å². The first kappa shape index (κ1) is 32.4. The van der Waals surface area contributed by atoms with E-state index in [1.54, 1.807) is 6.20 Å². The van der Waals surface area contributed by atoms with Crippen molar-refractivity contribution in [3.8, 4) is 5.88 Å². The first-order valence-electron chi connectivity index (χ1n) is 11.7. The Bertz CT molecular complexity index is 1120. The van der Waals surface area contributed by atoms with Crippen molar-refractivity contribution in [1.82, 2.24) is 19.4 Å². The van der Waals surface area contributed by atoms with Crippen LogP contribution in [0.3, 0.4) is 0 Å². The lowest BCUT2D eigenvalue weighted by atomic mass is 9.75. The number of piperidine rings is 1. The molecule has 2 fully saturated rings. The number of hydrogen-bond donors (Lipinski definition) is 2. The lowest BCUT2D eigenvalue weighted by molar-refractivity contribution is -0.193. The second kappa shape index (κ2) is 13.0. The Balaban J connectivity index is 0.000000333. The monoisotopic (exact) mass is 582 g/mol. The minimum atomic E-state index is -5.08. The first-order chi connectivity index (χ1) is 18.5. The molecule has 2 aliphatic rings. The second-order valence-corrected chi connectivity index (χ2v) is 9.26. The number of likely N-dealkylation sites (tertiary alicyclic amines) is 2. The number of halogens is 6. The SMILES string of the molecule is CN1CCC(COc2ccccn2)CC12CN(C(=O)c1cccn1C)C2.O=C(O)C(F)(F)F.O=C(O)C(F)(F)F. The molecule has 1 unspecified atom stereocenters. The second-order valence-electron chi connectivity index (χ2n) is 9.26. The van der Waals surface area contributed by atoms with Crippen molar-refractivity contribution < 1.29 is 55.7 Å². The van der Waals surface area contributed by atoms with Gasteiger partial charge in [-0.1, -0.05) is 6.07 Å². The van der Waals surface area contributed by atoms with Crippen LogP contribution in [0.1, 0.15) is 23.3 Å². The summed E-state index contributed by atoms with van der Waals surface area (Å²) in [6.45, 7) is 3.34. The van der Waals surface area contributed by atoms with Gasteiger partial charge in [0, 0.05) is 38.6 Å². The number of carboxylic acids is 2. The molecule has 0 aliphatic carbocycles. The van der Waals surface area contributed by atoms with Crippen LogP contribution in [0, 0.1) is 5.92 Å². The van der Waals surface area contributed by atoms with Crippen molar-refractivity contribution in [2.45, 2.75) is 30.7 Å². The van der Waals surface area contributed by atoms with Crippen molar-refractivity contribution in [3.05, 3.63) is 48.4 Å². The molecular formula is C24H28F6N4O6. The molecule has 0 aromatic carbocycles. The highest BCUT2D eigenvalue weighted by atomic mass is 19.4. The number of aliphatic carboxylic acids is 2. The van der Waals surface area contributed by atoms with E-state index >= 15 is 0 Å². The minimum absolute atomic E-state index is 0.0945. The number of amides is 1. The van der Waals surface area contributed by atoms with Crippen LogP contribution in [-0.2, 0) is 16.6 Å². The van der Waals surface area contributed by atoms with Crippen LogP contribution in [0.15, 0.2) is 42.7 Å². The topological polar surface area (TPSA) is 125 Å². The molecule has 0 radical (unpaired) electrons. The molecule has 10 nitrogen and oxygen atoms in total. The lowest BCUT2D eigenvalue weighted by Gasteiger charge is -2.58. The summed E-state index contributed by atoms with van der Waals surface area (Å²) in [5.74, 6) is -4.20. The van der Waals surface area contributed by atoms with Crippen LogP contribution in [0.4, 0.5) is 26.3 Å². The van der Waals surface area contributed by atoms with Gasteiger partial charge in [-0.05, 0) is 50.6 Å². The highest BCUT2D eigenvalue weighted by molar-refractivity contribution is 5.93. The molecule has 2 aromatic heterocycles. The van der Waals surface area contributed by atoms with E-state index in [1.165, 1.54) is 0 Å². The fourth-order valence-electron chi connectivity index (χ4n) is 4.21. The zero-order valence-corrected chi connectivity index (χ0v) is 21.4. The Labute approximate surface area is 224 Å². The van der Waals surface area contributed by atoms with Gasteiger partial charge in [-0.2, -0.15) is 26.3 Å². The number of aryl methyl sites for hydroxylation is 1. The molecule has 1 amide bonds. The quantitative estimate of drug-likeness (QED) is 0.527. The number of aromatic nitrogens is 2. The first-order valence-corrected chi connectivity index (χ1v) is 11.7. The predicted molar refractivity (Wildman–Crippen MR) is 127 cm³/mol. The van der Waals surface area contributed by atoms with Gasteiger partial charge >= 0.3 is 24.3 Å². The molecule has 40 heavy (non-hydrogen) atoms. The van der Waals surface area contributed by atoms with Gasteiger partial charge < -0.3 is 24.4 Å². The summed E-state index contributed by atoms with van der Waals surface area (Å²) in [4.78, 5) is 39.1. The number of carboxylic acid groups (broad SMARTS) is 2. The molecule has 2 aliphatic heterocycles. The molecule has 0 saturated carbocycles. The van der Waals surface area contributed by atoms with Crippen molar-refractivity contribution >= 4 is 17.8 Å². The summed E-state index contributed by atoms with van der Waals surface area (Å²) in [7, 11) is 4.10. The number of rotatable bonds is 4. The van der Waals surface area contributed by atoms with E-state index in [-0.39, 0.29) is 11.4 Å². The third kappa shape index (κ3) is 8.86. The zero-order chi connectivity index (χ0) is 30.3. The fourth-order valence-corrected chi connectivity index (χ4v) is 4.21. The van der Waals surface area contributed by atoms with Gasteiger partial charge in [-0.15, -0.1) is 0 Å². The summed E-state index contributed by atoms with van der Waals surface area (Å²) in [6, 6.07) is 9.54. The molecule has 16 heteroatoms. The van der Waals surface area contributed by atoms with E-state index in [9.17, 15) is 31.1 Å². The smallest absolute Gasteiger partial charge is 0.477 e. The Kier molecular flexibility index (Phi) is 10.5. The van der Waals surface area contributed by atoms with Crippen LogP contribution >= 0.6 is 0 Å². The molecule has 4 heterocycles. The highest BCUT2D eigenvalue weighted by Gasteiger charge is 2.51. The average Bonchev–Trinajstić information content (AvgIpc) is 3.28. The van der Waals surface area contributed by atoms with E-state index < -0.39 is 24.3 Å². The molecule has 2 aromatic rings. The van der Waals surface area contributed by atoms with Crippen LogP contribution in [-0.4, -0.2) is 98.6 Å². The number of hydrogen-bond acceptors (Lipinski definition) is 6. The number of carbonyl (C=O) groups is 3. The van der Waals surface area contributed by atoms with Crippen LogP contribution in [0.5, 0.6) is 5.88 Å². The maximum Gasteiger partial charge on any atom is 0.490 e. The molecule has 4 rings (SSSR count). The largest absolute Gasteiger partial charge is 0.490 e. The van der Waals surface area contributed by atoms with Gasteiger partial charge in [0.15, 0.2) is 0 Å². The normalized spacial score (nSPS) is 18.4. The summed E-state index contributed by atoms with van der Waals surface area (Å²) < 4.78 is 71.2. The van der Waals surface area contributed by atoms with Gasteiger partial charge in [0.25, 0.3) is 5.91 Å². The Morgan fingerprint density at radius 3 is 2.02 bits per heavy atom. The van der Waals surface area contributed by atoms with E-state index in [2.05, 4.69) is 16.9 Å². The molecule has 2 saturated heterocycles. The fraction of sp³-hybridized carbons (Fsp3) is 0.500. The molecule has 2 N–H and O–H groups in total. The Morgan fingerprint density at radius 1 is 1.00 bits per heavy atom.